The van der Waals surface area contributed by atoms with E-state index >= 15 is 0 Å². The molecular weight excluding hydrogens is 340 g/mol. The van der Waals surface area contributed by atoms with Gasteiger partial charge in [0.2, 0.25) is 0 Å². The Bertz CT molecular complexity index is 379. The monoisotopic (exact) mass is 352 g/mol. The highest BCUT2D eigenvalue weighted by molar-refractivity contribution is 9.12. The van der Waals surface area contributed by atoms with Crippen molar-refractivity contribution in [2.24, 2.45) is 5.41 Å². The smallest absolute Gasteiger partial charge is 0.334 e. The minimum atomic E-state index is -1.11. The van der Waals surface area contributed by atoms with Crippen molar-refractivity contribution in [3.8, 4) is 0 Å². The number of aliphatic hydroxyl groups excluding tert-OH is 1. The molecule has 1 aliphatic carbocycles. The van der Waals surface area contributed by atoms with Crippen LogP contribution in [-0.2, 0) is 4.79 Å². The highest BCUT2D eigenvalue weighted by atomic mass is 79.9. The van der Waals surface area contributed by atoms with Gasteiger partial charge in [-0.15, -0.1) is 0 Å². The topological polar surface area (TPSA) is 57.5 Å². The molecule has 2 N–H and O–H groups in total. The predicted molar refractivity (Wildman–Crippen MR) is 69.8 cm³/mol. The van der Waals surface area contributed by atoms with Crippen LogP contribution in [0.4, 0.5) is 0 Å². The Balaban J connectivity index is 3.29. The van der Waals surface area contributed by atoms with Gasteiger partial charge in [0, 0.05) is 4.48 Å². The van der Waals surface area contributed by atoms with Gasteiger partial charge in [-0.2, -0.15) is 0 Å². The van der Waals surface area contributed by atoms with Crippen LogP contribution in [0, 0.1) is 5.41 Å². The first-order chi connectivity index (χ1) is 7.09. The van der Waals surface area contributed by atoms with E-state index in [1.807, 2.05) is 20.8 Å². The Morgan fingerprint density at radius 1 is 1.50 bits per heavy atom. The van der Waals surface area contributed by atoms with Gasteiger partial charge < -0.3 is 10.2 Å². The number of hydrogen-bond acceptors (Lipinski definition) is 2. The van der Waals surface area contributed by atoms with Gasteiger partial charge in [-0.1, -0.05) is 58.7 Å². The molecule has 2 unspecified atom stereocenters. The first-order valence-electron chi connectivity index (χ1n) is 4.80. The second kappa shape index (κ2) is 4.27. The lowest BCUT2D eigenvalue weighted by molar-refractivity contribution is -0.134. The molecule has 0 aromatic rings. The Labute approximate surface area is 111 Å². The summed E-state index contributed by atoms with van der Waals surface area (Å²) >= 11 is 6.74. The lowest BCUT2D eigenvalue weighted by Crippen LogP contribution is -2.49. The van der Waals surface area contributed by atoms with Crippen molar-refractivity contribution in [1.82, 2.24) is 0 Å². The van der Waals surface area contributed by atoms with Gasteiger partial charge in [0.15, 0.2) is 0 Å². The summed E-state index contributed by atoms with van der Waals surface area (Å²) in [5.41, 5.74) is -0.332. The summed E-state index contributed by atoms with van der Waals surface area (Å²) in [5, 5.41) is 19.2. The standard InChI is InChI=1S/C11H14Br2O3/c1-10(2,3)11(13)5-6(12)4-7(8(11)14)9(15)16/h4-5,8,14H,1-3H3,(H,15,16). The molecule has 0 fully saturated rings. The van der Waals surface area contributed by atoms with Crippen LogP contribution in [0.25, 0.3) is 0 Å². The van der Waals surface area contributed by atoms with E-state index in [4.69, 9.17) is 5.11 Å². The van der Waals surface area contributed by atoms with E-state index in [-0.39, 0.29) is 11.0 Å². The van der Waals surface area contributed by atoms with Crippen LogP contribution in [-0.4, -0.2) is 26.6 Å². The van der Waals surface area contributed by atoms with Crippen LogP contribution in [0.3, 0.4) is 0 Å². The summed E-state index contributed by atoms with van der Waals surface area (Å²) in [6.07, 6.45) is 2.15. The maximum atomic E-state index is 11.0. The molecule has 0 bridgehead atoms. The van der Waals surface area contributed by atoms with Crippen molar-refractivity contribution >= 4 is 37.8 Å². The molecule has 3 nitrogen and oxygen atoms in total. The Morgan fingerprint density at radius 3 is 2.38 bits per heavy atom. The molecule has 5 heteroatoms. The highest BCUT2D eigenvalue weighted by Gasteiger charge is 2.48. The highest BCUT2D eigenvalue weighted by Crippen LogP contribution is 2.47. The van der Waals surface area contributed by atoms with Gasteiger partial charge >= 0.3 is 5.97 Å². The molecular formula is C11H14Br2O3. The molecule has 0 aliphatic heterocycles. The largest absolute Gasteiger partial charge is 0.478 e. The normalized spacial score (nSPS) is 30.8. The minimum absolute atomic E-state index is 0.0128. The Morgan fingerprint density at radius 2 is 2.00 bits per heavy atom. The number of aliphatic carboxylic acids is 1. The fraction of sp³-hybridized carbons (Fsp3) is 0.545. The number of rotatable bonds is 1. The molecule has 1 rings (SSSR count). The van der Waals surface area contributed by atoms with E-state index in [2.05, 4.69) is 31.9 Å². The fourth-order valence-corrected chi connectivity index (χ4v) is 2.99. The zero-order valence-electron chi connectivity index (χ0n) is 9.29. The molecule has 0 aromatic heterocycles. The molecule has 90 valence electrons. The zero-order valence-corrected chi connectivity index (χ0v) is 12.5. The van der Waals surface area contributed by atoms with Crippen LogP contribution in [0.15, 0.2) is 22.2 Å². The number of halogens is 2. The third-order valence-corrected chi connectivity index (χ3v) is 5.04. The summed E-state index contributed by atoms with van der Waals surface area (Å²) in [6, 6.07) is 0. The van der Waals surface area contributed by atoms with Gasteiger partial charge in [0.05, 0.1) is 9.90 Å². The Hall–Kier alpha value is -0.130. The van der Waals surface area contributed by atoms with Gasteiger partial charge in [0.25, 0.3) is 0 Å². The maximum absolute atomic E-state index is 11.0. The number of hydrogen-bond donors (Lipinski definition) is 2. The van der Waals surface area contributed by atoms with E-state index in [0.29, 0.717) is 4.48 Å². The molecule has 0 aromatic carbocycles. The van der Waals surface area contributed by atoms with E-state index in [9.17, 15) is 9.90 Å². The van der Waals surface area contributed by atoms with Crippen LogP contribution in [0.2, 0.25) is 0 Å². The summed E-state index contributed by atoms with van der Waals surface area (Å²) in [4.78, 5) is 11.0. The molecule has 0 saturated heterocycles. The van der Waals surface area contributed by atoms with Crippen molar-refractivity contribution in [2.45, 2.75) is 31.2 Å². The second-order valence-electron chi connectivity index (χ2n) is 4.85. The number of carbonyl (C=O) groups is 1. The quantitative estimate of drug-likeness (QED) is 0.712. The van der Waals surface area contributed by atoms with Crippen LogP contribution < -0.4 is 0 Å². The van der Waals surface area contributed by atoms with Crippen LogP contribution in [0.5, 0.6) is 0 Å². The van der Waals surface area contributed by atoms with E-state index < -0.39 is 16.4 Å². The van der Waals surface area contributed by atoms with Crippen molar-refractivity contribution in [1.29, 1.82) is 0 Å². The van der Waals surface area contributed by atoms with E-state index in [1.54, 1.807) is 6.08 Å². The molecule has 2 atom stereocenters. The lowest BCUT2D eigenvalue weighted by Gasteiger charge is -2.43. The number of carboxylic acids is 1. The summed E-state index contributed by atoms with van der Waals surface area (Å²) in [5.74, 6) is -1.11. The van der Waals surface area contributed by atoms with Gasteiger partial charge in [-0.25, -0.2) is 4.79 Å². The molecule has 0 saturated carbocycles. The van der Waals surface area contributed by atoms with Crippen molar-refractivity contribution in [3.05, 3.63) is 22.2 Å². The fourth-order valence-electron chi connectivity index (χ4n) is 1.58. The third-order valence-electron chi connectivity index (χ3n) is 2.73. The van der Waals surface area contributed by atoms with Crippen LogP contribution >= 0.6 is 31.9 Å². The second-order valence-corrected chi connectivity index (χ2v) is 7.08. The maximum Gasteiger partial charge on any atom is 0.334 e. The van der Waals surface area contributed by atoms with Crippen molar-refractivity contribution < 1.29 is 15.0 Å². The zero-order chi connectivity index (χ0) is 12.7. The number of allylic oxidation sites excluding steroid dienone is 2. The summed E-state index contributed by atoms with van der Waals surface area (Å²) in [7, 11) is 0. The molecule has 0 heterocycles. The van der Waals surface area contributed by atoms with Crippen LogP contribution in [0.1, 0.15) is 20.8 Å². The van der Waals surface area contributed by atoms with Crippen molar-refractivity contribution in [2.75, 3.05) is 0 Å². The third kappa shape index (κ3) is 2.26. The molecule has 1 aliphatic rings. The SMILES string of the molecule is CC(C)(C)C1(Br)C=C(Br)C=C(C(=O)O)C1O. The number of carboxylic acid groups (broad SMARTS) is 1. The Kier molecular flexibility index (Phi) is 3.72. The number of aliphatic hydroxyl groups is 1. The average Bonchev–Trinajstić information content (AvgIpc) is 2.08. The predicted octanol–water partition coefficient (Wildman–Crippen LogP) is 2.83. The van der Waals surface area contributed by atoms with Gasteiger partial charge in [-0.3, -0.25) is 0 Å². The van der Waals surface area contributed by atoms with E-state index in [0.717, 1.165) is 0 Å². The molecule has 0 spiro atoms. The van der Waals surface area contributed by atoms with Crippen molar-refractivity contribution in [3.63, 3.8) is 0 Å². The first kappa shape index (κ1) is 13.9. The molecule has 0 radical (unpaired) electrons. The lowest BCUT2D eigenvalue weighted by atomic mass is 9.73. The summed E-state index contributed by atoms with van der Waals surface area (Å²) < 4.78 is -0.136. The summed E-state index contributed by atoms with van der Waals surface area (Å²) in [6.45, 7) is 5.81. The van der Waals surface area contributed by atoms with Gasteiger partial charge in [0.1, 0.15) is 6.10 Å². The minimum Gasteiger partial charge on any atom is -0.478 e. The molecule has 0 amide bonds. The molecule has 16 heavy (non-hydrogen) atoms. The first-order valence-corrected chi connectivity index (χ1v) is 6.38. The van der Waals surface area contributed by atoms with E-state index in [1.165, 1.54) is 6.08 Å². The number of alkyl halides is 1. The van der Waals surface area contributed by atoms with Gasteiger partial charge in [-0.05, 0) is 11.5 Å². The average molecular weight is 354 g/mol.